The summed E-state index contributed by atoms with van der Waals surface area (Å²) in [5.74, 6) is 1.85. The van der Waals surface area contributed by atoms with Crippen LogP contribution in [-0.4, -0.2) is 47.2 Å². The predicted molar refractivity (Wildman–Crippen MR) is 87.8 cm³/mol. The van der Waals surface area contributed by atoms with Crippen LogP contribution in [0.25, 0.3) is 11.3 Å². The van der Waals surface area contributed by atoms with Crippen molar-refractivity contribution in [2.75, 3.05) is 25.1 Å². The Labute approximate surface area is 136 Å². The number of ether oxygens (including phenoxy) is 2. The van der Waals surface area contributed by atoms with E-state index in [1.807, 2.05) is 16.9 Å². The summed E-state index contributed by atoms with van der Waals surface area (Å²) in [6, 6.07) is 6.15. The minimum Gasteiger partial charge on any atom is -0.475 e. The molecule has 4 rings (SSSR count). The smallest absolute Gasteiger partial charge is 0.212 e. The fourth-order valence-electron chi connectivity index (χ4n) is 3.22. The van der Waals surface area contributed by atoms with Crippen LogP contribution >= 0.6 is 0 Å². The number of hydrogen-bond donors (Lipinski definition) is 0. The summed E-state index contributed by atoms with van der Waals surface area (Å²) in [7, 11) is 1.77. The first-order valence-corrected chi connectivity index (χ1v) is 8.21. The molecule has 0 radical (unpaired) electrons. The van der Waals surface area contributed by atoms with Crippen LogP contribution < -0.4 is 9.64 Å². The second-order valence-corrected chi connectivity index (χ2v) is 6.31. The lowest BCUT2D eigenvalue weighted by Crippen LogP contribution is -2.23. The van der Waals surface area contributed by atoms with Gasteiger partial charge in [-0.3, -0.25) is 0 Å². The molecule has 0 spiro atoms. The van der Waals surface area contributed by atoms with Crippen LogP contribution in [0.2, 0.25) is 0 Å². The van der Waals surface area contributed by atoms with Gasteiger partial charge in [-0.15, -0.1) is 0 Å². The van der Waals surface area contributed by atoms with Crippen LogP contribution in [0.3, 0.4) is 0 Å². The van der Waals surface area contributed by atoms with Gasteiger partial charge >= 0.3 is 0 Å². The van der Waals surface area contributed by atoms with E-state index in [1.165, 1.54) is 0 Å². The molecule has 4 heterocycles. The molecule has 1 fully saturated rings. The first-order chi connectivity index (χ1) is 11.2. The molecule has 2 aromatic heterocycles. The molecule has 2 aromatic rings. The van der Waals surface area contributed by atoms with Gasteiger partial charge in [0.15, 0.2) is 0 Å². The summed E-state index contributed by atoms with van der Waals surface area (Å²) < 4.78 is 13.2. The van der Waals surface area contributed by atoms with Crippen LogP contribution in [0.15, 0.2) is 24.4 Å². The first kappa shape index (κ1) is 14.5. The quantitative estimate of drug-likeness (QED) is 0.870. The highest BCUT2D eigenvalue weighted by atomic mass is 16.5. The van der Waals surface area contributed by atoms with E-state index < -0.39 is 0 Å². The molecule has 6 nitrogen and oxygen atoms in total. The van der Waals surface area contributed by atoms with E-state index in [0.717, 1.165) is 55.4 Å². The highest BCUT2D eigenvalue weighted by Gasteiger charge is 2.23. The van der Waals surface area contributed by atoms with Gasteiger partial charge in [0.25, 0.3) is 0 Å². The Bertz CT molecular complexity index is 682. The molecule has 1 unspecified atom stereocenters. The first-order valence-electron chi connectivity index (χ1n) is 8.21. The molecule has 6 heteroatoms. The molecule has 0 amide bonds. The van der Waals surface area contributed by atoms with Gasteiger partial charge in [-0.25, -0.2) is 9.67 Å². The van der Waals surface area contributed by atoms with Crippen molar-refractivity contribution in [3.05, 3.63) is 24.4 Å². The number of anilines is 1. The molecule has 2 aliphatic heterocycles. The van der Waals surface area contributed by atoms with Gasteiger partial charge in [0.1, 0.15) is 5.82 Å². The maximum atomic E-state index is 5.82. The van der Waals surface area contributed by atoms with Gasteiger partial charge in [0.2, 0.25) is 5.88 Å². The van der Waals surface area contributed by atoms with Crippen molar-refractivity contribution in [1.82, 2.24) is 14.8 Å². The third-order valence-corrected chi connectivity index (χ3v) is 4.66. The molecule has 0 bridgehead atoms. The Morgan fingerprint density at radius 1 is 1.26 bits per heavy atom. The van der Waals surface area contributed by atoms with Crippen molar-refractivity contribution in [3.8, 4) is 17.1 Å². The number of rotatable bonds is 3. The molecule has 2 atom stereocenters. The van der Waals surface area contributed by atoms with Crippen LogP contribution in [0.4, 0.5) is 5.82 Å². The molecule has 0 N–H and O–H groups in total. The Hall–Kier alpha value is -2.08. The lowest BCUT2D eigenvalue weighted by atomic mass is 10.2. The van der Waals surface area contributed by atoms with Crippen molar-refractivity contribution in [3.63, 3.8) is 0 Å². The second kappa shape index (κ2) is 5.85. The number of methoxy groups -OCH3 is 1. The van der Waals surface area contributed by atoms with E-state index in [1.54, 1.807) is 7.11 Å². The van der Waals surface area contributed by atoms with Crippen LogP contribution in [0.1, 0.15) is 19.8 Å². The van der Waals surface area contributed by atoms with Crippen LogP contribution in [0.5, 0.6) is 5.88 Å². The molecular formula is C17H22N4O2. The zero-order valence-electron chi connectivity index (χ0n) is 13.6. The van der Waals surface area contributed by atoms with Crippen LogP contribution in [-0.2, 0) is 11.3 Å². The van der Waals surface area contributed by atoms with Gasteiger partial charge in [0, 0.05) is 51.0 Å². The van der Waals surface area contributed by atoms with Crippen molar-refractivity contribution >= 4 is 5.82 Å². The van der Waals surface area contributed by atoms with E-state index in [9.17, 15) is 0 Å². The number of nitrogens with zero attached hydrogens (tertiary/aromatic N) is 4. The van der Waals surface area contributed by atoms with Crippen molar-refractivity contribution in [1.29, 1.82) is 0 Å². The number of fused-ring (bicyclic) bond motifs is 1. The lowest BCUT2D eigenvalue weighted by molar-refractivity contribution is 0.121. The van der Waals surface area contributed by atoms with E-state index in [4.69, 9.17) is 9.47 Å². The van der Waals surface area contributed by atoms with Gasteiger partial charge in [-0.1, -0.05) is 0 Å². The third-order valence-electron chi connectivity index (χ3n) is 4.66. The van der Waals surface area contributed by atoms with Crippen molar-refractivity contribution in [2.45, 2.75) is 38.5 Å². The standard InChI is InChI=1S/C17H22N4O2/c1-12-5-8-21-17(23-12)9-15(19-21)13-3-4-16(18-10-13)20-7-6-14(11-20)22-2/h3-4,9-10,12,14H,5-8,11H2,1-2H3/t12-,14?/m1/s1. The predicted octanol–water partition coefficient (Wildman–Crippen LogP) is 2.34. The second-order valence-electron chi connectivity index (χ2n) is 6.31. The molecule has 0 aromatic carbocycles. The van der Waals surface area contributed by atoms with Crippen LogP contribution in [0, 0.1) is 0 Å². The Balaban J connectivity index is 1.52. The molecule has 122 valence electrons. The average molecular weight is 314 g/mol. The summed E-state index contributed by atoms with van der Waals surface area (Å²) in [6.45, 7) is 4.91. The number of aryl methyl sites for hydroxylation is 1. The topological polar surface area (TPSA) is 52.4 Å². The molecule has 1 saturated heterocycles. The number of hydrogen-bond acceptors (Lipinski definition) is 5. The zero-order valence-corrected chi connectivity index (χ0v) is 13.6. The Morgan fingerprint density at radius 3 is 2.91 bits per heavy atom. The van der Waals surface area contributed by atoms with Gasteiger partial charge in [0.05, 0.1) is 17.9 Å². The number of aromatic nitrogens is 3. The monoisotopic (exact) mass is 314 g/mol. The minimum atomic E-state index is 0.261. The summed E-state index contributed by atoms with van der Waals surface area (Å²) in [5.41, 5.74) is 1.94. The van der Waals surface area contributed by atoms with E-state index in [0.29, 0.717) is 6.10 Å². The fourth-order valence-corrected chi connectivity index (χ4v) is 3.22. The Kier molecular flexibility index (Phi) is 3.69. The highest BCUT2D eigenvalue weighted by molar-refractivity contribution is 5.61. The molecule has 0 saturated carbocycles. The normalized spacial score (nSPS) is 23.7. The van der Waals surface area contributed by atoms with Crippen molar-refractivity contribution < 1.29 is 9.47 Å². The zero-order chi connectivity index (χ0) is 15.8. The fraction of sp³-hybridized carbons (Fsp3) is 0.529. The molecule has 0 aliphatic carbocycles. The summed E-state index contributed by atoms with van der Waals surface area (Å²) >= 11 is 0. The van der Waals surface area contributed by atoms with E-state index in [2.05, 4.69) is 34.0 Å². The molecule has 2 aliphatic rings. The third kappa shape index (κ3) is 2.79. The largest absolute Gasteiger partial charge is 0.475 e. The summed E-state index contributed by atoms with van der Waals surface area (Å²) in [4.78, 5) is 6.87. The maximum absolute atomic E-state index is 5.82. The van der Waals surface area contributed by atoms with Gasteiger partial charge < -0.3 is 14.4 Å². The number of pyridine rings is 1. The molecule has 23 heavy (non-hydrogen) atoms. The SMILES string of the molecule is COC1CCN(c2ccc(-c3cc4n(n3)CC[C@@H](C)O4)cn2)C1. The highest BCUT2D eigenvalue weighted by Crippen LogP contribution is 2.28. The van der Waals surface area contributed by atoms with E-state index in [-0.39, 0.29) is 6.10 Å². The maximum Gasteiger partial charge on any atom is 0.212 e. The minimum absolute atomic E-state index is 0.261. The summed E-state index contributed by atoms with van der Waals surface area (Å²) in [5, 5.41) is 4.63. The van der Waals surface area contributed by atoms with Crippen molar-refractivity contribution in [2.24, 2.45) is 0 Å². The van der Waals surface area contributed by atoms with Gasteiger partial charge in [-0.2, -0.15) is 5.10 Å². The average Bonchev–Trinajstić information content (AvgIpc) is 3.21. The molecular weight excluding hydrogens is 292 g/mol. The summed E-state index contributed by atoms with van der Waals surface area (Å²) in [6.07, 6.45) is 4.53. The van der Waals surface area contributed by atoms with Gasteiger partial charge in [-0.05, 0) is 25.5 Å². The lowest BCUT2D eigenvalue weighted by Gasteiger charge is -2.20. The Morgan fingerprint density at radius 2 is 2.17 bits per heavy atom. The van der Waals surface area contributed by atoms with E-state index >= 15 is 0 Å².